The predicted octanol–water partition coefficient (Wildman–Crippen LogP) is 3.39. The highest BCUT2D eigenvalue weighted by atomic mass is 32.2. The first-order chi connectivity index (χ1) is 13.5. The molecule has 3 rings (SSSR count). The molecular formula is C22H28N2O4S. The van der Waals surface area contributed by atoms with Crippen molar-refractivity contribution in [2.24, 2.45) is 0 Å². The van der Waals surface area contributed by atoms with Crippen LogP contribution in [0.5, 0.6) is 5.75 Å². The number of anilines is 1. The fourth-order valence-electron chi connectivity index (χ4n) is 3.30. The van der Waals surface area contributed by atoms with Crippen molar-refractivity contribution in [1.29, 1.82) is 0 Å². The summed E-state index contributed by atoms with van der Waals surface area (Å²) in [6, 6.07) is 14.8. The van der Waals surface area contributed by atoms with Crippen LogP contribution in [0.3, 0.4) is 0 Å². The number of amides is 1. The first kappa shape index (κ1) is 21.2. The van der Waals surface area contributed by atoms with Crippen LogP contribution < -0.4 is 14.4 Å². The highest BCUT2D eigenvalue weighted by Crippen LogP contribution is 2.38. The molecule has 156 valence electrons. The quantitative estimate of drug-likeness (QED) is 0.829. The average Bonchev–Trinajstić information content (AvgIpc) is 2.65. The van der Waals surface area contributed by atoms with Crippen molar-refractivity contribution in [3.05, 3.63) is 59.7 Å². The summed E-state index contributed by atoms with van der Waals surface area (Å²) in [6.07, 6.45) is 0.219. The second-order valence-corrected chi connectivity index (χ2v) is 10.4. The highest BCUT2D eigenvalue weighted by molar-refractivity contribution is 7.92. The number of hydrogen-bond donors (Lipinski definition) is 1. The van der Waals surface area contributed by atoms with Crippen LogP contribution in [-0.4, -0.2) is 33.2 Å². The van der Waals surface area contributed by atoms with E-state index in [9.17, 15) is 13.2 Å². The Morgan fingerprint density at radius 1 is 1.17 bits per heavy atom. The summed E-state index contributed by atoms with van der Waals surface area (Å²) in [5.41, 5.74) is 2.29. The van der Waals surface area contributed by atoms with Crippen LogP contribution in [0, 0.1) is 0 Å². The van der Waals surface area contributed by atoms with Gasteiger partial charge in [0.2, 0.25) is 10.0 Å². The lowest BCUT2D eigenvalue weighted by Gasteiger charge is -2.35. The van der Waals surface area contributed by atoms with Gasteiger partial charge in [-0.05, 0) is 35.6 Å². The normalized spacial score (nSPS) is 17.8. The Bertz CT molecular complexity index is 997. The molecule has 0 radical (unpaired) electrons. The average molecular weight is 417 g/mol. The fraction of sp³-hybridized carbons (Fsp3) is 0.409. The van der Waals surface area contributed by atoms with E-state index in [1.165, 1.54) is 4.31 Å². The summed E-state index contributed by atoms with van der Waals surface area (Å²) in [7, 11) is -3.58. The van der Waals surface area contributed by atoms with Crippen molar-refractivity contribution in [2.75, 3.05) is 17.1 Å². The van der Waals surface area contributed by atoms with Crippen molar-refractivity contribution in [3.8, 4) is 5.75 Å². The van der Waals surface area contributed by atoms with Crippen molar-refractivity contribution < 1.29 is 17.9 Å². The lowest BCUT2D eigenvalue weighted by molar-refractivity contribution is -0.128. The van der Waals surface area contributed by atoms with E-state index < -0.39 is 16.1 Å². The molecule has 0 aromatic heterocycles. The maximum atomic E-state index is 12.8. The van der Waals surface area contributed by atoms with E-state index in [4.69, 9.17) is 4.74 Å². The minimum atomic E-state index is -3.58. The van der Waals surface area contributed by atoms with E-state index in [-0.39, 0.29) is 23.9 Å². The fourth-order valence-corrected chi connectivity index (χ4v) is 4.21. The zero-order chi connectivity index (χ0) is 21.4. The molecule has 7 heteroatoms. The third-order valence-corrected chi connectivity index (χ3v) is 6.19. The van der Waals surface area contributed by atoms with Gasteiger partial charge in [0.05, 0.1) is 24.5 Å². The Hall–Kier alpha value is -2.54. The molecule has 2 aromatic carbocycles. The number of hydrogen-bond acceptors (Lipinski definition) is 4. The molecule has 0 saturated heterocycles. The van der Waals surface area contributed by atoms with Crippen LogP contribution in [0.1, 0.15) is 44.9 Å². The third-order valence-electron chi connectivity index (χ3n) is 5.05. The SMILES string of the molecule is C[C@@H](NC(=O)C1CN(S(C)(=O)=O)c2cc(C(C)(C)C)ccc2O1)c1ccccc1. The maximum Gasteiger partial charge on any atom is 0.263 e. The number of fused-ring (bicyclic) bond motifs is 1. The molecule has 1 N–H and O–H groups in total. The zero-order valence-corrected chi connectivity index (χ0v) is 18.3. The highest BCUT2D eigenvalue weighted by Gasteiger charge is 2.36. The lowest BCUT2D eigenvalue weighted by atomic mass is 9.86. The van der Waals surface area contributed by atoms with Gasteiger partial charge in [0.1, 0.15) is 5.75 Å². The summed E-state index contributed by atoms with van der Waals surface area (Å²) in [5.74, 6) is 0.0442. The molecule has 1 unspecified atom stereocenters. The number of ether oxygens (including phenoxy) is 1. The van der Waals surface area contributed by atoms with Gasteiger partial charge in [0.25, 0.3) is 5.91 Å². The Balaban J connectivity index is 1.88. The third kappa shape index (κ3) is 4.72. The van der Waals surface area contributed by atoms with Crippen LogP contribution in [0.15, 0.2) is 48.5 Å². The van der Waals surface area contributed by atoms with Crippen molar-refractivity contribution in [3.63, 3.8) is 0 Å². The zero-order valence-electron chi connectivity index (χ0n) is 17.5. The standard InChI is InChI=1S/C22H28N2O4S/c1-15(16-9-7-6-8-10-16)23-21(25)20-14-24(29(5,26)27)18-13-17(22(2,3)4)11-12-19(18)28-20/h6-13,15,20H,14H2,1-5H3,(H,23,25)/t15-,20?/m1/s1. The molecule has 1 aliphatic heterocycles. The second kappa shape index (κ2) is 7.71. The summed E-state index contributed by atoms with van der Waals surface area (Å²) in [6.45, 7) is 8.00. The molecule has 0 saturated carbocycles. The summed E-state index contributed by atoms with van der Waals surface area (Å²) in [4.78, 5) is 12.8. The van der Waals surface area contributed by atoms with E-state index in [1.807, 2.05) is 49.4 Å². The largest absolute Gasteiger partial charge is 0.476 e. The van der Waals surface area contributed by atoms with Gasteiger partial charge in [0, 0.05) is 0 Å². The van der Waals surface area contributed by atoms with E-state index >= 15 is 0 Å². The Kier molecular flexibility index (Phi) is 5.63. The summed E-state index contributed by atoms with van der Waals surface area (Å²) >= 11 is 0. The number of rotatable bonds is 4. The number of benzene rings is 2. The van der Waals surface area contributed by atoms with Gasteiger partial charge in [0.15, 0.2) is 6.10 Å². The minimum absolute atomic E-state index is 0.0627. The first-order valence-corrected chi connectivity index (χ1v) is 11.5. The van der Waals surface area contributed by atoms with Gasteiger partial charge >= 0.3 is 0 Å². The van der Waals surface area contributed by atoms with Gasteiger partial charge in [-0.1, -0.05) is 57.2 Å². The summed E-state index contributed by atoms with van der Waals surface area (Å²) in [5, 5.41) is 2.92. The predicted molar refractivity (Wildman–Crippen MR) is 115 cm³/mol. The van der Waals surface area contributed by atoms with Crippen molar-refractivity contribution in [2.45, 2.75) is 45.3 Å². The van der Waals surface area contributed by atoms with Crippen LogP contribution in [-0.2, 0) is 20.2 Å². The number of carbonyl (C=O) groups is 1. The van der Waals surface area contributed by atoms with Gasteiger partial charge in [-0.15, -0.1) is 0 Å². The molecule has 1 amide bonds. The van der Waals surface area contributed by atoms with Gasteiger partial charge in [-0.25, -0.2) is 8.42 Å². The van der Waals surface area contributed by atoms with Crippen molar-refractivity contribution in [1.82, 2.24) is 5.32 Å². The van der Waals surface area contributed by atoms with Gasteiger partial charge in [-0.2, -0.15) is 0 Å². The van der Waals surface area contributed by atoms with Crippen LogP contribution in [0.2, 0.25) is 0 Å². The Morgan fingerprint density at radius 2 is 1.83 bits per heavy atom. The molecule has 0 bridgehead atoms. The molecule has 0 fully saturated rings. The smallest absolute Gasteiger partial charge is 0.263 e. The molecule has 6 nitrogen and oxygen atoms in total. The Morgan fingerprint density at radius 3 is 2.41 bits per heavy atom. The van der Waals surface area contributed by atoms with E-state index in [2.05, 4.69) is 26.1 Å². The monoisotopic (exact) mass is 416 g/mol. The number of carbonyl (C=O) groups excluding carboxylic acids is 1. The lowest BCUT2D eigenvalue weighted by Crippen LogP contribution is -2.50. The molecule has 29 heavy (non-hydrogen) atoms. The van der Waals surface area contributed by atoms with E-state index in [1.54, 1.807) is 6.07 Å². The molecule has 2 atom stereocenters. The topological polar surface area (TPSA) is 75.7 Å². The van der Waals surface area contributed by atoms with Crippen LogP contribution in [0.25, 0.3) is 0 Å². The molecule has 0 spiro atoms. The number of nitrogens with one attached hydrogen (secondary N) is 1. The molecule has 1 aliphatic rings. The Labute approximate surface area is 172 Å². The van der Waals surface area contributed by atoms with Crippen LogP contribution in [0.4, 0.5) is 5.69 Å². The molecule has 0 aliphatic carbocycles. The van der Waals surface area contributed by atoms with Crippen LogP contribution >= 0.6 is 0 Å². The van der Waals surface area contributed by atoms with Gasteiger partial charge < -0.3 is 10.1 Å². The maximum absolute atomic E-state index is 12.8. The summed E-state index contributed by atoms with van der Waals surface area (Å²) < 4.78 is 32.1. The van der Waals surface area contributed by atoms with E-state index in [0.717, 1.165) is 17.4 Å². The van der Waals surface area contributed by atoms with Gasteiger partial charge in [-0.3, -0.25) is 9.10 Å². The first-order valence-electron chi connectivity index (χ1n) is 9.61. The number of sulfonamides is 1. The molecule has 2 aromatic rings. The van der Waals surface area contributed by atoms with Crippen molar-refractivity contribution >= 4 is 21.6 Å². The number of nitrogens with zero attached hydrogens (tertiary/aromatic N) is 1. The van der Waals surface area contributed by atoms with E-state index in [0.29, 0.717) is 11.4 Å². The molecule has 1 heterocycles. The second-order valence-electron chi connectivity index (χ2n) is 8.47. The molecular weight excluding hydrogens is 388 g/mol. The minimum Gasteiger partial charge on any atom is -0.476 e.